The first kappa shape index (κ1) is 14.3. The summed E-state index contributed by atoms with van der Waals surface area (Å²) in [7, 11) is 0. The Morgan fingerprint density at radius 1 is 1.13 bits per heavy atom. The fourth-order valence-corrected chi connectivity index (χ4v) is 1.24. The van der Waals surface area contributed by atoms with E-state index in [2.05, 4.69) is 0 Å². The predicted molar refractivity (Wildman–Crippen MR) is 66.7 cm³/mol. The zero-order valence-corrected chi connectivity index (χ0v) is 10.6. The van der Waals surface area contributed by atoms with Crippen molar-refractivity contribution in [3.8, 4) is 5.75 Å². The van der Waals surface area contributed by atoms with Gasteiger partial charge < -0.3 is 10.5 Å². The lowest BCUT2D eigenvalue weighted by Crippen LogP contribution is -2.28. The van der Waals surface area contributed by atoms with Crippen LogP contribution < -0.4 is 10.5 Å². The van der Waals surface area contributed by atoms with Crippen LogP contribution in [0.2, 0.25) is 0 Å². The molecular formula is C12H20ClNO. The quantitative estimate of drug-likeness (QED) is 0.865. The second kappa shape index (κ2) is 5.38. The van der Waals surface area contributed by atoms with E-state index in [1.807, 2.05) is 52.0 Å². The van der Waals surface area contributed by atoms with Gasteiger partial charge in [0, 0.05) is 5.54 Å². The molecule has 2 N–H and O–H groups in total. The first-order valence-electron chi connectivity index (χ1n) is 4.95. The van der Waals surface area contributed by atoms with E-state index < -0.39 is 0 Å². The third kappa shape index (κ3) is 4.54. The van der Waals surface area contributed by atoms with Crippen molar-refractivity contribution in [3.63, 3.8) is 0 Å². The number of nitrogens with two attached hydrogens (primary N) is 1. The van der Waals surface area contributed by atoms with E-state index in [4.69, 9.17) is 10.5 Å². The molecule has 0 saturated carbocycles. The number of ether oxygens (including phenoxy) is 1. The Labute approximate surface area is 98.2 Å². The molecule has 0 bridgehead atoms. The largest absolute Gasteiger partial charge is 0.491 e. The molecule has 1 rings (SSSR count). The van der Waals surface area contributed by atoms with E-state index in [-0.39, 0.29) is 24.0 Å². The normalized spacial score (nSPS) is 11.1. The third-order valence-corrected chi connectivity index (χ3v) is 1.97. The monoisotopic (exact) mass is 229 g/mol. The number of hydrogen-bond donors (Lipinski definition) is 1. The van der Waals surface area contributed by atoms with Crippen molar-refractivity contribution in [1.29, 1.82) is 0 Å². The van der Waals surface area contributed by atoms with Gasteiger partial charge in [-0.25, -0.2) is 0 Å². The highest BCUT2D eigenvalue weighted by Crippen LogP contribution is 2.20. The molecule has 0 fully saturated rings. The van der Waals surface area contributed by atoms with E-state index in [1.165, 1.54) is 0 Å². The molecule has 0 unspecified atom stereocenters. The topological polar surface area (TPSA) is 35.2 Å². The number of rotatable bonds is 3. The highest BCUT2D eigenvalue weighted by molar-refractivity contribution is 5.85. The van der Waals surface area contributed by atoms with E-state index in [9.17, 15) is 0 Å². The molecular weight excluding hydrogens is 210 g/mol. The van der Waals surface area contributed by atoms with Crippen LogP contribution in [0, 0.1) is 0 Å². The third-order valence-electron chi connectivity index (χ3n) is 1.97. The van der Waals surface area contributed by atoms with Crippen molar-refractivity contribution in [2.75, 3.05) is 0 Å². The molecule has 0 amide bonds. The Morgan fingerprint density at radius 2 is 1.60 bits per heavy atom. The second-order valence-corrected chi connectivity index (χ2v) is 4.41. The minimum absolute atomic E-state index is 0. The Kier molecular flexibility index (Phi) is 5.12. The van der Waals surface area contributed by atoms with Gasteiger partial charge in [-0.2, -0.15) is 0 Å². The lowest BCUT2D eigenvalue weighted by atomic mass is 9.96. The molecule has 0 aliphatic carbocycles. The zero-order valence-electron chi connectivity index (χ0n) is 9.78. The molecule has 15 heavy (non-hydrogen) atoms. The molecule has 0 aliphatic heterocycles. The van der Waals surface area contributed by atoms with Crippen LogP contribution in [0.1, 0.15) is 33.3 Å². The maximum atomic E-state index is 5.97. The highest BCUT2D eigenvalue weighted by Gasteiger charge is 2.13. The summed E-state index contributed by atoms with van der Waals surface area (Å²) in [6.07, 6.45) is 0.215. The maximum absolute atomic E-state index is 5.97. The molecule has 0 radical (unpaired) electrons. The van der Waals surface area contributed by atoms with Crippen LogP contribution >= 0.6 is 12.4 Å². The summed E-state index contributed by atoms with van der Waals surface area (Å²) in [4.78, 5) is 0. The van der Waals surface area contributed by atoms with Gasteiger partial charge in [0.25, 0.3) is 0 Å². The zero-order chi connectivity index (χ0) is 10.8. The highest BCUT2D eigenvalue weighted by atomic mass is 35.5. The summed E-state index contributed by atoms with van der Waals surface area (Å²) < 4.78 is 5.54. The van der Waals surface area contributed by atoms with Crippen molar-refractivity contribution in [2.24, 2.45) is 5.73 Å². The molecule has 0 aliphatic rings. The summed E-state index contributed by atoms with van der Waals surface area (Å²) >= 11 is 0. The van der Waals surface area contributed by atoms with Crippen molar-refractivity contribution >= 4 is 12.4 Å². The lowest BCUT2D eigenvalue weighted by Gasteiger charge is -2.19. The predicted octanol–water partition coefficient (Wildman–Crippen LogP) is 3.09. The molecule has 2 nitrogen and oxygen atoms in total. The fourth-order valence-electron chi connectivity index (χ4n) is 1.24. The van der Waals surface area contributed by atoms with Crippen LogP contribution in [0.3, 0.4) is 0 Å². The minimum Gasteiger partial charge on any atom is -0.491 e. The van der Waals surface area contributed by atoms with Crippen LogP contribution in [0.5, 0.6) is 5.75 Å². The van der Waals surface area contributed by atoms with Gasteiger partial charge in [0.1, 0.15) is 5.75 Å². The Hall–Kier alpha value is -0.730. The smallest absolute Gasteiger partial charge is 0.119 e. The van der Waals surface area contributed by atoms with Gasteiger partial charge in [0.15, 0.2) is 0 Å². The average Bonchev–Trinajstić information content (AvgIpc) is 2.02. The number of halogens is 1. The van der Waals surface area contributed by atoms with E-state index in [0.717, 1.165) is 11.3 Å². The summed E-state index contributed by atoms with van der Waals surface area (Å²) in [5, 5.41) is 0. The first-order chi connectivity index (χ1) is 6.39. The Balaban J connectivity index is 0.00000196. The van der Waals surface area contributed by atoms with Gasteiger partial charge in [-0.3, -0.25) is 0 Å². The maximum Gasteiger partial charge on any atom is 0.119 e. The van der Waals surface area contributed by atoms with Gasteiger partial charge in [-0.05, 0) is 45.4 Å². The van der Waals surface area contributed by atoms with Gasteiger partial charge >= 0.3 is 0 Å². The summed E-state index contributed by atoms with van der Waals surface area (Å²) in [5.74, 6) is 0.896. The van der Waals surface area contributed by atoms with Crippen LogP contribution in [0.15, 0.2) is 24.3 Å². The van der Waals surface area contributed by atoms with Crippen molar-refractivity contribution in [1.82, 2.24) is 0 Å². The molecule has 0 heterocycles. The van der Waals surface area contributed by atoms with Gasteiger partial charge in [0.2, 0.25) is 0 Å². The number of benzene rings is 1. The second-order valence-electron chi connectivity index (χ2n) is 4.41. The van der Waals surface area contributed by atoms with E-state index in [0.29, 0.717) is 0 Å². The molecule has 0 saturated heterocycles. The average molecular weight is 230 g/mol. The first-order valence-corrected chi connectivity index (χ1v) is 4.95. The summed E-state index contributed by atoms with van der Waals surface area (Å²) in [5.41, 5.74) is 6.80. The van der Waals surface area contributed by atoms with E-state index >= 15 is 0 Å². The molecule has 1 aromatic carbocycles. The summed E-state index contributed by atoms with van der Waals surface area (Å²) in [6.45, 7) is 8.01. The molecule has 0 spiro atoms. The van der Waals surface area contributed by atoms with Crippen LogP contribution in [0.4, 0.5) is 0 Å². The van der Waals surface area contributed by atoms with Gasteiger partial charge in [-0.1, -0.05) is 12.1 Å². The minimum atomic E-state index is -0.281. The van der Waals surface area contributed by atoms with Crippen LogP contribution in [-0.4, -0.2) is 6.10 Å². The van der Waals surface area contributed by atoms with Crippen LogP contribution in [-0.2, 0) is 5.54 Å². The van der Waals surface area contributed by atoms with Gasteiger partial charge in [0.05, 0.1) is 6.10 Å². The fraction of sp³-hybridized carbons (Fsp3) is 0.500. The molecule has 86 valence electrons. The Morgan fingerprint density at radius 3 is 1.93 bits per heavy atom. The Bertz CT molecular complexity index is 287. The van der Waals surface area contributed by atoms with E-state index in [1.54, 1.807) is 0 Å². The summed E-state index contributed by atoms with van der Waals surface area (Å²) in [6, 6.07) is 7.95. The SMILES string of the molecule is CC(C)Oc1ccc(C(C)(C)N)cc1.Cl. The lowest BCUT2D eigenvalue weighted by molar-refractivity contribution is 0.242. The van der Waals surface area contributed by atoms with Crippen molar-refractivity contribution in [3.05, 3.63) is 29.8 Å². The molecule has 1 aromatic rings. The molecule has 0 aromatic heterocycles. The van der Waals surface area contributed by atoms with Gasteiger partial charge in [-0.15, -0.1) is 12.4 Å². The van der Waals surface area contributed by atoms with Crippen molar-refractivity contribution < 1.29 is 4.74 Å². The molecule has 0 atom stereocenters. The molecule has 3 heteroatoms. The van der Waals surface area contributed by atoms with Crippen molar-refractivity contribution in [2.45, 2.75) is 39.3 Å². The number of hydrogen-bond acceptors (Lipinski definition) is 2. The van der Waals surface area contributed by atoms with Crippen LogP contribution in [0.25, 0.3) is 0 Å². The standard InChI is InChI=1S/C12H19NO.ClH/c1-9(2)14-11-7-5-10(6-8-11)12(3,4)13;/h5-9H,13H2,1-4H3;1H.